The fourth-order valence-electron chi connectivity index (χ4n) is 1.41. The molecule has 1 amide bonds. The summed E-state index contributed by atoms with van der Waals surface area (Å²) in [6.45, 7) is 2.51. The highest BCUT2D eigenvalue weighted by Gasteiger charge is 2.11. The van der Waals surface area contributed by atoms with Gasteiger partial charge in [0.25, 0.3) is 5.91 Å². The van der Waals surface area contributed by atoms with E-state index in [0.29, 0.717) is 11.4 Å². The van der Waals surface area contributed by atoms with Crippen molar-refractivity contribution in [2.75, 3.05) is 0 Å². The molecule has 0 spiro atoms. The Morgan fingerprint density at radius 2 is 2.35 bits per heavy atom. The van der Waals surface area contributed by atoms with Gasteiger partial charge in [-0.2, -0.15) is 0 Å². The van der Waals surface area contributed by atoms with E-state index in [2.05, 4.69) is 26.2 Å². The first-order valence-electron chi connectivity index (χ1n) is 5.09. The number of carbonyl (C=O) groups is 1. The number of thiophene rings is 1. The number of hydrogen-bond donors (Lipinski definition) is 1. The molecule has 2 aromatic heterocycles. The molecular formula is C12H11BrN2OS. The minimum atomic E-state index is -0.0527. The van der Waals surface area contributed by atoms with E-state index in [4.69, 9.17) is 0 Å². The van der Waals surface area contributed by atoms with Gasteiger partial charge in [0.15, 0.2) is 0 Å². The van der Waals surface area contributed by atoms with Crippen LogP contribution in [0.15, 0.2) is 34.4 Å². The second kappa shape index (κ2) is 5.42. The van der Waals surface area contributed by atoms with Crippen molar-refractivity contribution in [2.24, 2.45) is 0 Å². The maximum atomic E-state index is 11.9. The minimum absolute atomic E-state index is 0.0527. The second-order valence-electron chi connectivity index (χ2n) is 3.58. The Morgan fingerprint density at radius 3 is 3.00 bits per heavy atom. The van der Waals surface area contributed by atoms with Crippen LogP contribution in [0.3, 0.4) is 0 Å². The molecule has 0 fully saturated rings. The molecule has 0 saturated carbocycles. The molecule has 2 heterocycles. The van der Waals surface area contributed by atoms with E-state index in [9.17, 15) is 4.79 Å². The predicted molar refractivity (Wildman–Crippen MR) is 72.2 cm³/mol. The van der Waals surface area contributed by atoms with Crippen molar-refractivity contribution in [1.82, 2.24) is 10.3 Å². The summed E-state index contributed by atoms with van der Waals surface area (Å²) >= 11 is 4.77. The molecule has 0 atom stereocenters. The Kier molecular flexibility index (Phi) is 3.91. The van der Waals surface area contributed by atoms with Crippen LogP contribution in [0.5, 0.6) is 0 Å². The number of nitrogens with zero attached hydrogens (tertiary/aromatic N) is 1. The molecule has 17 heavy (non-hydrogen) atoms. The molecule has 1 N–H and O–H groups in total. The summed E-state index contributed by atoms with van der Waals surface area (Å²) in [6.07, 6.45) is 3.53. The number of amides is 1. The fourth-order valence-corrected chi connectivity index (χ4v) is 2.88. The molecule has 2 rings (SSSR count). The molecule has 0 bridgehead atoms. The van der Waals surface area contributed by atoms with Crippen LogP contribution < -0.4 is 5.32 Å². The first-order chi connectivity index (χ1) is 8.18. The Balaban J connectivity index is 2.02. The number of carbonyl (C=O) groups excluding carboxylic acids is 1. The highest BCUT2D eigenvalue weighted by molar-refractivity contribution is 9.10. The maximum absolute atomic E-state index is 11.9. The van der Waals surface area contributed by atoms with E-state index < -0.39 is 0 Å². The molecule has 0 aromatic carbocycles. The van der Waals surface area contributed by atoms with Gasteiger partial charge in [-0.25, -0.2) is 0 Å². The van der Waals surface area contributed by atoms with Gasteiger partial charge in [0.05, 0.1) is 0 Å². The van der Waals surface area contributed by atoms with E-state index >= 15 is 0 Å². The van der Waals surface area contributed by atoms with Crippen LogP contribution >= 0.6 is 27.3 Å². The van der Waals surface area contributed by atoms with Crippen molar-refractivity contribution in [3.05, 3.63) is 50.4 Å². The number of rotatable bonds is 3. The summed E-state index contributed by atoms with van der Waals surface area (Å²) in [7, 11) is 0. The summed E-state index contributed by atoms with van der Waals surface area (Å²) in [5.74, 6) is -0.0527. The highest BCUT2D eigenvalue weighted by Crippen LogP contribution is 2.22. The molecule has 0 unspecified atom stereocenters. The number of pyridine rings is 1. The highest BCUT2D eigenvalue weighted by atomic mass is 79.9. The first-order valence-corrected chi connectivity index (χ1v) is 6.76. The van der Waals surface area contributed by atoms with Gasteiger partial charge in [0.1, 0.15) is 4.88 Å². The van der Waals surface area contributed by atoms with Crippen molar-refractivity contribution in [3.63, 3.8) is 0 Å². The molecule has 0 radical (unpaired) electrons. The largest absolute Gasteiger partial charge is 0.347 e. The maximum Gasteiger partial charge on any atom is 0.262 e. The standard InChI is InChI=1S/C12H11BrN2OS/c1-8-6-14-4-2-9(8)7-15-12(16)11-10(13)3-5-17-11/h2-6H,7H2,1H3,(H,15,16). The third-order valence-electron chi connectivity index (χ3n) is 2.40. The number of nitrogens with one attached hydrogen (secondary N) is 1. The van der Waals surface area contributed by atoms with Crippen molar-refractivity contribution >= 4 is 33.2 Å². The summed E-state index contributed by atoms with van der Waals surface area (Å²) in [5.41, 5.74) is 2.17. The molecule has 3 nitrogen and oxygen atoms in total. The molecule has 88 valence electrons. The van der Waals surface area contributed by atoms with Crippen LogP contribution in [0.25, 0.3) is 0 Å². The average molecular weight is 311 g/mol. The second-order valence-corrected chi connectivity index (χ2v) is 5.35. The summed E-state index contributed by atoms with van der Waals surface area (Å²) in [5, 5.41) is 4.78. The lowest BCUT2D eigenvalue weighted by Crippen LogP contribution is -2.22. The van der Waals surface area contributed by atoms with Crippen LogP contribution in [0, 0.1) is 6.92 Å². The Hall–Kier alpha value is -1.20. The van der Waals surface area contributed by atoms with Crippen LogP contribution in [0.2, 0.25) is 0 Å². The van der Waals surface area contributed by atoms with E-state index in [1.165, 1.54) is 11.3 Å². The average Bonchev–Trinajstić information content (AvgIpc) is 2.74. The lowest BCUT2D eigenvalue weighted by molar-refractivity contribution is 0.0954. The third kappa shape index (κ3) is 2.92. The zero-order valence-electron chi connectivity index (χ0n) is 9.24. The van der Waals surface area contributed by atoms with E-state index in [0.717, 1.165) is 15.6 Å². The molecular weight excluding hydrogens is 300 g/mol. The smallest absolute Gasteiger partial charge is 0.262 e. The van der Waals surface area contributed by atoms with Crippen LogP contribution in [-0.2, 0) is 6.54 Å². The molecule has 5 heteroatoms. The number of halogens is 1. The van der Waals surface area contributed by atoms with E-state index in [1.54, 1.807) is 12.4 Å². The molecule has 2 aromatic rings. The van der Waals surface area contributed by atoms with Gasteiger partial charge in [0, 0.05) is 23.4 Å². The monoisotopic (exact) mass is 310 g/mol. The summed E-state index contributed by atoms with van der Waals surface area (Å²) in [4.78, 5) is 16.6. The van der Waals surface area contributed by atoms with Crippen LogP contribution in [0.1, 0.15) is 20.8 Å². The number of aromatic nitrogens is 1. The zero-order valence-corrected chi connectivity index (χ0v) is 11.6. The van der Waals surface area contributed by atoms with Crippen molar-refractivity contribution in [1.29, 1.82) is 0 Å². The normalized spacial score (nSPS) is 10.2. The van der Waals surface area contributed by atoms with Gasteiger partial charge in [-0.1, -0.05) is 0 Å². The molecule has 0 saturated heterocycles. The van der Waals surface area contributed by atoms with Crippen LogP contribution in [0.4, 0.5) is 0 Å². The van der Waals surface area contributed by atoms with Crippen LogP contribution in [-0.4, -0.2) is 10.9 Å². The molecule has 0 aliphatic carbocycles. The third-order valence-corrected chi connectivity index (χ3v) is 4.24. The minimum Gasteiger partial charge on any atom is -0.347 e. The van der Waals surface area contributed by atoms with Gasteiger partial charge >= 0.3 is 0 Å². The Labute approximate surface area is 112 Å². The quantitative estimate of drug-likeness (QED) is 0.946. The van der Waals surface area contributed by atoms with Crippen molar-refractivity contribution in [3.8, 4) is 0 Å². The number of aryl methyl sites for hydroxylation is 1. The van der Waals surface area contributed by atoms with Gasteiger partial charge < -0.3 is 5.32 Å². The summed E-state index contributed by atoms with van der Waals surface area (Å²) in [6, 6.07) is 3.79. The fraction of sp³-hybridized carbons (Fsp3) is 0.167. The first kappa shape index (κ1) is 12.3. The van der Waals surface area contributed by atoms with Gasteiger partial charge in [-0.15, -0.1) is 11.3 Å². The van der Waals surface area contributed by atoms with Crippen molar-refractivity contribution in [2.45, 2.75) is 13.5 Å². The molecule has 0 aliphatic heterocycles. The lowest BCUT2D eigenvalue weighted by Gasteiger charge is -2.06. The lowest BCUT2D eigenvalue weighted by atomic mass is 10.1. The van der Waals surface area contributed by atoms with Gasteiger partial charge in [-0.3, -0.25) is 9.78 Å². The SMILES string of the molecule is Cc1cnccc1CNC(=O)c1sccc1Br. The Bertz CT molecular complexity index is 539. The Morgan fingerprint density at radius 1 is 1.53 bits per heavy atom. The number of hydrogen-bond acceptors (Lipinski definition) is 3. The van der Waals surface area contributed by atoms with Gasteiger partial charge in [0.2, 0.25) is 0 Å². The van der Waals surface area contributed by atoms with Gasteiger partial charge in [-0.05, 0) is 51.5 Å². The zero-order chi connectivity index (χ0) is 12.3. The molecule has 0 aliphatic rings. The van der Waals surface area contributed by atoms with Crippen molar-refractivity contribution < 1.29 is 4.79 Å². The topological polar surface area (TPSA) is 42.0 Å². The summed E-state index contributed by atoms with van der Waals surface area (Å²) < 4.78 is 0.839. The van der Waals surface area contributed by atoms with E-state index in [1.807, 2.05) is 24.4 Å². The van der Waals surface area contributed by atoms with E-state index in [-0.39, 0.29) is 5.91 Å². The predicted octanol–water partition coefficient (Wildman–Crippen LogP) is 3.14.